The van der Waals surface area contributed by atoms with Gasteiger partial charge in [-0.25, -0.2) is 4.98 Å². The monoisotopic (exact) mass is 268 g/mol. The summed E-state index contributed by atoms with van der Waals surface area (Å²) in [5, 5.41) is 10.6. The molecule has 0 unspecified atom stereocenters. The highest BCUT2D eigenvalue weighted by molar-refractivity contribution is 8.00. The van der Waals surface area contributed by atoms with Crippen LogP contribution in [0.3, 0.4) is 0 Å². The first-order valence-corrected chi connectivity index (χ1v) is 7.24. The standard InChI is InChI=1S/C7H9NO.C5H7NS2/c1-6-2-3-7(5-9)4-8-6;1-4-3-8-5(6-4)7-2/h2-4,9H,5H2,1H3;3H,1-2H3. The summed E-state index contributed by atoms with van der Waals surface area (Å²) in [7, 11) is 0. The third kappa shape index (κ3) is 5.30. The third-order valence-corrected chi connectivity index (χ3v) is 3.91. The van der Waals surface area contributed by atoms with Crippen molar-refractivity contribution in [3.8, 4) is 0 Å². The van der Waals surface area contributed by atoms with Gasteiger partial charge >= 0.3 is 0 Å². The molecule has 0 atom stereocenters. The minimum atomic E-state index is 0.0767. The largest absolute Gasteiger partial charge is 0.392 e. The maximum absolute atomic E-state index is 8.59. The van der Waals surface area contributed by atoms with E-state index in [9.17, 15) is 0 Å². The Morgan fingerprint density at radius 2 is 2.06 bits per heavy atom. The van der Waals surface area contributed by atoms with Gasteiger partial charge in [-0.15, -0.1) is 11.3 Å². The number of pyridine rings is 1. The van der Waals surface area contributed by atoms with Crippen LogP contribution in [-0.2, 0) is 6.61 Å². The quantitative estimate of drug-likeness (QED) is 0.850. The summed E-state index contributed by atoms with van der Waals surface area (Å²) in [6.07, 6.45) is 3.72. The molecule has 0 saturated carbocycles. The van der Waals surface area contributed by atoms with E-state index in [1.807, 2.05) is 32.2 Å². The lowest BCUT2D eigenvalue weighted by Gasteiger charge is -1.93. The van der Waals surface area contributed by atoms with Gasteiger partial charge in [0.05, 0.1) is 6.61 Å². The average molecular weight is 268 g/mol. The van der Waals surface area contributed by atoms with E-state index < -0.39 is 0 Å². The van der Waals surface area contributed by atoms with E-state index in [2.05, 4.69) is 15.3 Å². The molecule has 0 spiro atoms. The van der Waals surface area contributed by atoms with E-state index in [-0.39, 0.29) is 6.61 Å². The SMILES string of the molecule is CSc1nc(C)cs1.Cc1ccc(CO)cn1. The molecule has 2 heterocycles. The molecule has 0 aliphatic heterocycles. The van der Waals surface area contributed by atoms with Crippen molar-refractivity contribution in [2.45, 2.75) is 24.8 Å². The second kappa shape index (κ2) is 7.42. The summed E-state index contributed by atoms with van der Waals surface area (Å²) in [6.45, 7) is 4.00. The maximum atomic E-state index is 8.59. The van der Waals surface area contributed by atoms with Crippen LogP contribution in [0.2, 0.25) is 0 Å². The molecule has 3 nitrogen and oxygen atoms in total. The smallest absolute Gasteiger partial charge is 0.149 e. The Balaban J connectivity index is 0.000000171. The van der Waals surface area contributed by atoms with Crippen LogP contribution in [0, 0.1) is 13.8 Å². The van der Waals surface area contributed by atoms with Crippen molar-refractivity contribution in [3.63, 3.8) is 0 Å². The second-order valence-electron chi connectivity index (χ2n) is 3.42. The summed E-state index contributed by atoms with van der Waals surface area (Å²) in [4.78, 5) is 8.20. The van der Waals surface area contributed by atoms with Gasteiger partial charge in [0.15, 0.2) is 0 Å². The van der Waals surface area contributed by atoms with Crippen LogP contribution >= 0.6 is 23.1 Å². The highest BCUT2D eigenvalue weighted by atomic mass is 32.2. The van der Waals surface area contributed by atoms with Gasteiger partial charge in [0.25, 0.3) is 0 Å². The number of thioether (sulfide) groups is 1. The molecule has 92 valence electrons. The molecule has 5 heteroatoms. The molecule has 0 aromatic carbocycles. The third-order valence-electron chi connectivity index (χ3n) is 1.93. The Labute approximate surface area is 110 Å². The number of hydrogen-bond acceptors (Lipinski definition) is 5. The number of thiazole rings is 1. The van der Waals surface area contributed by atoms with E-state index in [0.717, 1.165) is 21.3 Å². The number of aliphatic hydroxyl groups is 1. The van der Waals surface area contributed by atoms with Crippen molar-refractivity contribution in [2.75, 3.05) is 6.26 Å². The number of aryl methyl sites for hydroxylation is 2. The Bertz CT molecular complexity index is 440. The highest BCUT2D eigenvalue weighted by Gasteiger charge is 1.92. The van der Waals surface area contributed by atoms with E-state index in [0.29, 0.717) is 0 Å². The zero-order valence-corrected chi connectivity index (χ0v) is 11.8. The molecule has 2 aromatic heterocycles. The van der Waals surface area contributed by atoms with Crippen molar-refractivity contribution < 1.29 is 5.11 Å². The predicted octanol–water partition coefficient (Wildman–Crippen LogP) is 3.06. The van der Waals surface area contributed by atoms with Crippen LogP contribution in [0.4, 0.5) is 0 Å². The first-order valence-electron chi connectivity index (χ1n) is 5.14. The Kier molecular flexibility index (Phi) is 6.18. The van der Waals surface area contributed by atoms with E-state index >= 15 is 0 Å². The molecule has 0 saturated heterocycles. The molecule has 0 aliphatic rings. The van der Waals surface area contributed by atoms with Gasteiger partial charge in [0, 0.05) is 23.0 Å². The Morgan fingerprint density at radius 3 is 2.41 bits per heavy atom. The molecule has 0 aliphatic carbocycles. The Morgan fingerprint density at radius 1 is 1.29 bits per heavy atom. The van der Waals surface area contributed by atoms with E-state index in [1.54, 1.807) is 29.3 Å². The summed E-state index contributed by atoms with van der Waals surface area (Å²) < 4.78 is 1.16. The molecule has 1 N–H and O–H groups in total. The van der Waals surface area contributed by atoms with E-state index in [1.165, 1.54) is 0 Å². The summed E-state index contributed by atoms with van der Waals surface area (Å²) in [6, 6.07) is 3.74. The van der Waals surface area contributed by atoms with Crippen LogP contribution in [-0.4, -0.2) is 21.3 Å². The van der Waals surface area contributed by atoms with Crippen LogP contribution in [0.25, 0.3) is 0 Å². The van der Waals surface area contributed by atoms with Crippen molar-refractivity contribution in [2.24, 2.45) is 0 Å². The van der Waals surface area contributed by atoms with Crippen LogP contribution in [0.1, 0.15) is 17.0 Å². The summed E-state index contributed by atoms with van der Waals surface area (Å²) >= 11 is 3.40. The molecule has 17 heavy (non-hydrogen) atoms. The van der Waals surface area contributed by atoms with Crippen molar-refractivity contribution in [3.05, 3.63) is 40.7 Å². The van der Waals surface area contributed by atoms with E-state index in [4.69, 9.17) is 5.11 Å². The highest BCUT2D eigenvalue weighted by Crippen LogP contribution is 2.18. The van der Waals surface area contributed by atoms with Crippen LogP contribution in [0.5, 0.6) is 0 Å². The van der Waals surface area contributed by atoms with Crippen molar-refractivity contribution >= 4 is 23.1 Å². The molecule has 2 aromatic rings. The number of aliphatic hydroxyl groups excluding tert-OH is 1. The van der Waals surface area contributed by atoms with Crippen molar-refractivity contribution in [1.82, 2.24) is 9.97 Å². The van der Waals surface area contributed by atoms with Gasteiger partial charge < -0.3 is 5.11 Å². The van der Waals surface area contributed by atoms with Gasteiger partial charge in [-0.1, -0.05) is 17.8 Å². The predicted molar refractivity (Wildman–Crippen MR) is 73.5 cm³/mol. The number of hydrogen-bond donors (Lipinski definition) is 1. The van der Waals surface area contributed by atoms with Gasteiger partial charge in [-0.2, -0.15) is 0 Å². The molecule has 0 fully saturated rings. The zero-order chi connectivity index (χ0) is 12.7. The van der Waals surface area contributed by atoms with Crippen LogP contribution in [0.15, 0.2) is 28.0 Å². The van der Waals surface area contributed by atoms with Gasteiger partial charge in [-0.3, -0.25) is 4.98 Å². The maximum Gasteiger partial charge on any atom is 0.149 e. The van der Waals surface area contributed by atoms with Crippen molar-refractivity contribution in [1.29, 1.82) is 0 Å². The summed E-state index contributed by atoms with van der Waals surface area (Å²) in [5.74, 6) is 0. The fraction of sp³-hybridized carbons (Fsp3) is 0.333. The Hall–Kier alpha value is -0.910. The summed E-state index contributed by atoms with van der Waals surface area (Å²) in [5.41, 5.74) is 2.96. The molecule has 0 radical (unpaired) electrons. The number of nitrogens with zero attached hydrogens (tertiary/aromatic N) is 2. The molecule has 2 rings (SSSR count). The fourth-order valence-corrected chi connectivity index (χ4v) is 2.30. The minimum Gasteiger partial charge on any atom is -0.392 e. The average Bonchev–Trinajstić information content (AvgIpc) is 2.77. The van der Waals surface area contributed by atoms with Crippen LogP contribution < -0.4 is 0 Å². The minimum absolute atomic E-state index is 0.0767. The first-order chi connectivity index (χ1) is 8.15. The number of rotatable bonds is 2. The molecule has 0 bridgehead atoms. The van der Waals surface area contributed by atoms with Gasteiger partial charge in [0.1, 0.15) is 4.34 Å². The second-order valence-corrected chi connectivity index (χ2v) is 5.34. The molecular weight excluding hydrogens is 252 g/mol. The first kappa shape index (κ1) is 14.2. The normalized spacial score (nSPS) is 9.65. The zero-order valence-electron chi connectivity index (χ0n) is 10.2. The lowest BCUT2D eigenvalue weighted by molar-refractivity contribution is 0.281. The lowest BCUT2D eigenvalue weighted by Crippen LogP contribution is -1.85. The van der Waals surface area contributed by atoms with Gasteiger partial charge in [0.2, 0.25) is 0 Å². The number of aromatic nitrogens is 2. The lowest BCUT2D eigenvalue weighted by atomic mass is 10.3. The molecular formula is C12H16N2OS2. The fourth-order valence-electron chi connectivity index (χ4n) is 1.02. The topological polar surface area (TPSA) is 46.0 Å². The van der Waals surface area contributed by atoms with Gasteiger partial charge in [-0.05, 0) is 31.7 Å². The molecule has 0 amide bonds.